The van der Waals surface area contributed by atoms with Gasteiger partial charge in [-0.3, -0.25) is 0 Å². The van der Waals surface area contributed by atoms with Crippen molar-refractivity contribution in [2.75, 3.05) is 5.75 Å². The van der Waals surface area contributed by atoms with Gasteiger partial charge in [-0.25, -0.2) is 13.1 Å². The van der Waals surface area contributed by atoms with Crippen molar-refractivity contribution < 1.29 is 8.42 Å². The molecule has 0 aliphatic carbocycles. The number of aryl methyl sites for hydroxylation is 1. The molecule has 0 aliphatic heterocycles. The maximum Gasteiger partial charge on any atom is 0.218 e. The zero-order valence-electron chi connectivity index (χ0n) is 8.75. The fourth-order valence-electron chi connectivity index (χ4n) is 1.09. The second kappa shape index (κ2) is 5.32. The van der Waals surface area contributed by atoms with Crippen molar-refractivity contribution in [3.8, 4) is 0 Å². The van der Waals surface area contributed by atoms with Gasteiger partial charge in [0.2, 0.25) is 10.0 Å². The van der Waals surface area contributed by atoms with E-state index in [1.807, 2.05) is 6.92 Å². The van der Waals surface area contributed by atoms with Gasteiger partial charge in [0.1, 0.15) is 17.9 Å². The summed E-state index contributed by atoms with van der Waals surface area (Å²) >= 11 is 4.53. The van der Waals surface area contributed by atoms with E-state index in [9.17, 15) is 8.42 Å². The number of hydrogen-bond acceptors (Lipinski definition) is 5. The van der Waals surface area contributed by atoms with Crippen LogP contribution in [0, 0.1) is 0 Å². The summed E-state index contributed by atoms with van der Waals surface area (Å²) in [6.45, 7) is 2.68. The zero-order chi connectivity index (χ0) is 12.2. The first-order valence-electron chi connectivity index (χ1n) is 4.57. The van der Waals surface area contributed by atoms with Gasteiger partial charge in [-0.2, -0.15) is 0 Å². The average Bonchev–Trinajstić information content (AvgIpc) is 2.59. The van der Waals surface area contributed by atoms with Crippen LogP contribution in [0.2, 0.25) is 0 Å². The third-order valence-electron chi connectivity index (χ3n) is 1.82. The molecule has 0 spiro atoms. The van der Waals surface area contributed by atoms with E-state index in [2.05, 4.69) is 27.1 Å². The molecule has 0 atom stereocenters. The van der Waals surface area contributed by atoms with Crippen molar-refractivity contribution in [3.05, 3.63) is 12.2 Å². The third kappa shape index (κ3) is 3.83. The summed E-state index contributed by atoms with van der Waals surface area (Å²) in [6, 6.07) is 0. The van der Waals surface area contributed by atoms with Gasteiger partial charge >= 0.3 is 0 Å². The number of sulfonamides is 1. The maximum absolute atomic E-state index is 11.4. The highest BCUT2D eigenvalue weighted by Gasteiger charge is 2.13. The van der Waals surface area contributed by atoms with Gasteiger partial charge < -0.3 is 10.3 Å². The maximum atomic E-state index is 11.4. The quantitative estimate of drug-likeness (QED) is 0.638. The van der Waals surface area contributed by atoms with E-state index < -0.39 is 10.0 Å². The highest BCUT2D eigenvalue weighted by atomic mass is 32.2. The number of aromatic nitrogens is 3. The predicted octanol–water partition coefficient (Wildman–Crippen LogP) is -0.996. The molecule has 0 radical (unpaired) electrons. The highest BCUT2D eigenvalue weighted by molar-refractivity contribution is 7.92. The Balaban J connectivity index is 2.61. The van der Waals surface area contributed by atoms with Crippen LogP contribution in [-0.4, -0.2) is 33.9 Å². The first-order chi connectivity index (χ1) is 7.44. The molecule has 7 nitrogen and oxygen atoms in total. The molecule has 0 amide bonds. The molecule has 1 aromatic heterocycles. The number of rotatable bonds is 6. The molecule has 0 aromatic carbocycles. The molecule has 1 rings (SSSR count). The van der Waals surface area contributed by atoms with Crippen LogP contribution in [0.15, 0.2) is 6.33 Å². The second-order valence-electron chi connectivity index (χ2n) is 3.08. The lowest BCUT2D eigenvalue weighted by Gasteiger charge is -2.06. The van der Waals surface area contributed by atoms with E-state index in [4.69, 9.17) is 5.73 Å². The standard InChI is InChI=1S/C7H13N5O2S2/c1-2-12-5-9-11-7(12)3-10-16(13,14)4-6(8)15/h5,10H,2-4H2,1H3,(H2,8,15). The molecule has 9 heteroatoms. The van der Waals surface area contributed by atoms with Crippen molar-refractivity contribution in [2.45, 2.75) is 20.0 Å². The minimum atomic E-state index is -3.48. The molecule has 0 saturated heterocycles. The number of nitrogens with two attached hydrogens (primary N) is 1. The SMILES string of the molecule is CCn1cnnc1CNS(=O)(=O)CC(N)=S. The predicted molar refractivity (Wildman–Crippen MR) is 63.1 cm³/mol. The Hall–Kier alpha value is -1.06. The van der Waals surface area contributed by atoms with Gasteiger partial charge in [0.25, 0.3) is 0 Å². The number of nitrogens with one attached hydrogen (secondary N) is 1. The van der Waals surface area contributed by atoms with Crippen LogP contribution in [0.5, 0.6) is 0 Å². The van der Waals surface area contributed by atoms with Crippen LogP contribution in [0.25, 0.3) is 0 Å². The number of thiocarbonyl (C=S) groups is 1. The minimum absolute atomic E-state index is 0.0653. The number of nitrogens with zero attached hydrogens (tertiary/aromatic N) is 3. The Kier molecular flexibility index (Phi) is 4.33. The molecule has 0 bridgehead atoms. The third-order valence-corrected chi connectivity index (χ3v) is 3.42. The van der Waals surface area contributed by atoms with Crippen LogP contribution < -0.4 is 10.5 Å². The lowest BCUT2D eigenvalue weighted by atomic mass is 10.6. The molecule has 90 valence electrons. The van der Waals surface area contributed by atoms with Crippen LogP contribution in [-0.2, 0) is 23.1 Å². The zero-order valence-corrected chi connectivity index (χ0v) is 10.4. The van der Waals surface area contributed by atoms with Crippen molar-refractivity contribution in [1.82, 2.24) is 19.5 Å². The molecule has 0 aliphatic rings. The average molecular weight is 263 g/mol. The normalized spacial score (nSPS) is 11.6. The lowest BCUT2D eigenvalue weighted by molar-refractivity contribution is 0.579. The fourth-order valence-corrected chi connectivity index (χ4v) is 2.38. The van der Waals surface area contributed by atoms with Crippen LogP contribution in [0.3, 0.4) is 0 Å². The molecular formula is C7H13N5O2S2. The van der Waals surface area contributed by atoms with E-state index in [0.717, 1.165) is 0 Å². The van der Waals surface area contributed by atoms with Crippen LogP contribution in [0.1, 0.15) is 12.7 Å². The van der Waals surface area contributed by atoms with E-state index in [1.54, 1.807) is 4.57 Å². The highest BCUT2D eigenvalue weighted by Crippen LogP contribution is 1.96. The summed E-state index contributed by atoms with van der Waals surface area (Å²) in [6.07, 6.45) is 1.54. The largest absolute Gasteiger partial charge is 0.392 e. The summed E-state index contributed by atoms with van der Waals surface area (Å²) in [5.74, 6) is 0.191. The molecule has 0 saturated carbocycles. The monoisotopic (exact) mass is 263 g/mol. The summed E-state index contributed by atoms with van der Waals surface area (Å²) in [7, 11) is -3.48. The molecular weight excluding hydrogens is 250 g/mol. The molecule has 3 N–H and O–H groups in total. The minimum Gasteiger partial charge on any atom is -0.392 e. The first kappa shape index (κ1) is 13.0. The lowest BCUT2D eigenvalue weighted by Crippen LogP contribution is -2.32. The molecule has 1 aromatic rings. The summed E-state index contributed by atoms with van der Waals surface area (Å²) in [4.78, 5) is -0.0653. The Bertz CT molecular complexity index is 467. The van der Waals surface area contributed by atoms with Gasteiger partial charge in [0, 0.05) is 6.54 Å². The Morgan fingerprint density at radius 1 is 1.69 bits per heavy atom. The molecule has 0 fully saturated rings. The van der Waals surface area contributed by atoms with Gasteiger partial charge in [-0.05, 0) is 6.92 Å². The van der Waals surface area contributed by atoms with Gasteiger partial charge in [0.15, 0.2) is 0 Å². The van der Waals surface area contributed by atoms with E-state index in [1.165, 1.54) is 6.33 Å². The van der Waals surface area contributed by atoms with E-state index in [0.29, 0.717) is 12.4 Å². The van der Waals surface area contributed by atoms with Crippen LogP contribution in [0.4, 0.5) is 0 Å². The summed E-state index contributed by atoms with van der Waals surface area (Å²) < 4.78 is 26.9. The summed E-state index contributed by atoms with van der Waals surface area (Å²) in [5.41, 5.74) is 5.16. The smallest absolute Gasteiger partial charge is 0.218 e. The van der Waals surface area contributed by atoms with Gasteiger partial charge in [-0.1, -0.05) is 12.2 Å². The Morgan fingerprint density at radius 2 is 2.38 bits per heavy atom. The van der Waals surface area contributed by atoms with Crippen molar-refractivity contribution in [3.63, 3.8) is 0 Å². The topological polar surface area (TPSA) is 103 Å². The van der Waals surface area contributed by atoms with Gasteiger partial charge in [-0.15, -0.1) is 10.2 Å². The molecule has 0 unspecified atom stereocenters. The Morgan fingerprint density at radius 3 is 2.94 bits per heavy atom. The molecule has 1 heterocycles. The van der Waals surface area contributed by atoms with Crippen LogP contribution >= 0.6 is 12.2 Å². The molecule has 16 heavy (non-hydrogen) atoms. The van der Waals surface area contributed by atoms with E-state index >= 15 is 0 Å². The van der Waals surface area contributed by atoms with Crippen molar-refractivity contribution >= 4 is 27.2 Å². The second-order valence-corrected chi connectivity index (χ2v) is 5.41. The van der Waals surface area contributed by atoms with E-state index in [-0.39, 0.29) is 17.3 Å². The number of hydrogen-bond donors (Lipinski definition) is 2. The fraction of sp³-hybridized carbons (Fsp3) is 0.571. The van der Waals surface area contributed by atoms with Gasteiger partial charge in [0.05, 0.1) is 11.5 Å². The van der Waals surface area contributed by atoms with Crippen molar-refractivity contribution in [1.29, 1.82) is 0 Å². The Labute approximate surface area is 99.1 Å². The van der Waals surface area contributed by atoms with Crippen molar-refractivity contribution in [2.24, 2.45) is 5.73 Å². The first-order valence-corrected chi connectivity index (χ1v) is 6.63. The summed E-state index contributed by atoms with van der Waals surface area (Å²) in [5, 5.41) is 7.47.